The zero-order valence-electron chi connectivity index (χ0n) is 17.8. The monoisotopic (exact) mass is 426 g/mol. The zero-order chi connectivity index (χ0) is 21.6. The highest BCUT2D eigenvalue weighted by Gasteiger charge is 2.29. The number of hydrogen-bond acceptors (Lipinski definition) is 5. The van der Waals surface area contributed by atoms with Gasteiger partial charge in [0.15, 0.2) is 5.82 Å². The summed E-state index contributed by atoms with van der Waals surface area (Å²) in [6.07, 6.45) is 3.12. The maximum absolute atomic E-state index is 14.2. The smallest absolute Gasteiger partial charge is 0.168 e. The fourth-order valence-corrected chi connectivity index (χ4v) is 4.18. The fraction of sp³-hybridized carbons (Fsp3) is 0.435. The molecule has 0 aliphatic carbocycles. The molecule has 0 radical (unpaired) electrons. The number of hydrogen-bond donors (Lipinski definition) is 0. The summed E-state index contributed by atoms with van der Waals surface area (Å²) in [6, 6.07) is 13.5. The topological polar surface area (TPSA) is 50.1 Å². The van der Waals surface area contributed by atoms with Crippen molar-refractivity contribution in [3.63, 3.8) is 0 Å². The molecule has 2 heterocycles. The Morgan fingerprint density at radius 2 is 1.71 bits per heavy atom. The zero-order valence-corrected chi connectivity index (χ0v) is 17.8. The number of aromatic nitrogens is 4. The molecular formula is C23H28F2N6. The molecule has 4 rings (SSSR count). The van der Waals surface area contributed by atoms with Gasteiger partial charge in [0.05, 0.1) is 18.3 Å². The largest absolute Gasteiger partial charge is 0.367 e. The standard InChI is InChI=1S/C23H28F2N6/c1-2-3-7-22(23-26-27-28-31(23)17-18-9-11-19(24)12-10-18)30-15-13-29(14-16-30)21-8-5-4-6-20(21)25/h4-6,8-12,22H,2-3,7,13-17H2,1H3. The highest BCUT2D eigenvalue weighted by molar-refractivity contribution is 5.48. The third-order valence-electron chi connectivity index (χ3n) is 5.88. The number of piperazine rings is 1. The van der Waals surface area contributed by atoms with Gasteiger partial charge < -0.3 is 4.90 Å². The summed E-state index contributed by atoms with van der Waals surface area (Å²) in [5, 5.41) is 12.5. The number of para-hydroxylation sites is 1. The minimum Gasteiger partial charge on any atom is -0.367 e. The van der Waals surface area contributed by atoms with Crippen LogP contribution in [0.2, 0.25) is 0 Å². The minimum atomic E-state index is -0.255. The van der Waals surface area contributed by atoms with Crippen molar-refractivity contribution in [3.05, 3.63) is 71.6 Å². The van der Waals surface area contributed by atoms with Crippen molar-refractivity contribution in [2.24, 2.45) is 0 Å². The quantitative estimate of drug-likeness (QED) is 0.544. The summed E-state index contributed by atoms with van der Waals surface area (Å²) in [7, 11) is 0. The van der Waals surface area contributed by atoms with Gasteiger partial charge in [0, 0.05) is 26.2 Å². The predicted molar refractivity (Wildman–Crippen MR) is 116 cm³/mol. The van der Waals surface area contributed by atoms with Crippen molar-refractivity contribution in [2.75, 3.05) is 31.1 Å². The Kier molecular flexibility index (Phi) is 6.86. The molecule has 0 bridgehead atoms. The highest BCUT2D eigenvalue weighted by atomic mass is 19.1. The lowest BCUT2D eigenvalue weighted by Gasteiger charge is -2.39. The van der Waals surface area contributed by atoms with Crippen LogP contribution in [0.4, 0.5) is 14.5 Å². The van der Waals surface area contributed by atoms with Crippen LogP contribution in [0.25, 0.3) is 0 Å². The number of halogens is 2. The first-order valence-electron chi connectivity index (χ1n) is 10.9. The lowest BCUT2D eigenvalue weighted by atomic mass is 10.1. The molecule has 1 unspecified atom stereocenters. The normalized spacial score (nSPS) is 15.9. The SMILES string of the molecule is CCCCC(c1nnnn1Cc1ccc(F)cc1)N1CCN(c2ccccc2F)CC1. The summed E-state index contributed by atoms with van der Waals surface area (Å²) in [5.41, 5.74) is 1.61. The number of unbranched alkanes of at least 4 members (excludes halogenated alkanes) is 1. The van der Waals surface area contributed by atoms with E-state index >= 15 is 0 Å². The van der Waals surface area contributed by atoms with Gasteiger partial charge in [0.25, 0.3) is 0 Å². The van der Waals surface area contributed by atoms with E-state index in [1.54, 1.807) is 18.2 Å². The van der Waals surface area contributed by atoms with Crippen molar-refractivity contribution < 1.29 is 8.78 Å². The molecule has 6 nitrogen and oxygen atoms in total. The van der Waals surface area contributed by atoms with Crippen LogP contribution in [0.3, 0.4) is 0 Å². The molecular weight excluding hydrogens is 398 g/mol. The fourth-order valence-electron chi connectivity index (χ4n) is 4.18. The highest BCUT2D eigenvalue weighted by Crippen LogP contribution is 2.28. The molecule has 8 heteroatoms. The second kappa shape index (κ2) is 9.96. The minimum absolute atomic E-state index is 0.0955. The van der Waals surface area contributed by atoms with E-state index in [2.05, 4.69) is 32.2 Å². The molecule has 1 aliphatic heterocycles. The van der Waals surface area contributed by atoms with E-state index in [0.29, 0.717) is 12.2 Å². The van der Waals surface area contributed by atoms with E-state index in [-0.39, 0.29) is 17.7 Å². The summed E-state index contributed by atoms with van der Waals surface area (Å²) in [5.74, 6) is 0.396. The van der Waals surface area contributed by atoms with Crippen LogP contribution in [0, 0.1) is 11.6 Å². The Balaban J connectivity index is 1.49. The van der Waals surface area contributed by atoms with Gasteiger partial charge in [-0.3, -0.25) is 4.90 Å². The molecule has 3 aromatic rings. The van der Waals surface area contributed by atoms with Crippen molar-refractivity contribution in [3.8, 4) is 0 Å². The van der Waals surface area contributed by atoms with Crippen molar-refractivity contribution in [1.82, 2.24) is 25.1 Å². The van der Waals surface area contributed by atoms with Crippen LogP contribution in [-0.4, -0.2) is 51.3 Å². The number of anilines is 1. The molecule has 164 valence electrons. The summed E-state index contributed by atoms with van der Waals surface area (Å²) >= 11 is 0. The molecule has 0 spiro atoms. The second-order valence-electron chi connectivity index (χ2n) is 7.95. The van der Waals surface area contributed by atoms with E-state index in [9.17, 15) is 8.78 Å². The third-order valence-corrected chi connectivity index (χ3v) is 5.88. The average Bonchev–Trinajstić information content (AvgIpc) is 3.24. The Morgan fingerprint density at radius 1 is 0.968 bits per heavy atom. The summed E-state index contributed by atoms with van der Waals surface area (Å²) < 4.78 is 29.3. The lowest BCUT2D eigenvalue weighted by Crippen LogP contribution is -2.48. The van der Waals surface area contributed by atoms with Gasteiger partial charge in [-0.05, 0) is 46.7 Å². The number of benzene rings is 2. The lowest BCUT2D eigenvalue weighted by molar-refractivity contribution is 0.162. The molecule has 1 fully saturated rings. The Hall–Kier alpha value is -2.87. The maximum atomic E-state index is 14.2. The first-order chi connectivity index (χ1) is 15.2. The van der Waals surface area contributed by atoms with E-state index in [0.717, 1.165) is 56.8 Å². The van der Waals surface area contributed by atoms with E-state index in [4.69, 9.17) is 0 Å². The average molecular weight is 427 g/mol. The molecule has 0 N–H and O–H groups in total. The van der Waals surface area contributed by atoms with Gasteiger partial charge in [-0.1, -0.05) is 44.0 Å². The van der Waals surface area contributed by atoms with Crippen LogP contribution in [-0.2, 0) is 6.54 Å². The molecule has 1 aliphatic rings. The number of nitrogens with zero attached hydrogens (tertiary/aromatic N) is 6. The summed E-state index contributed by atoms with van der Waals surface area (Å²) in [6.45, 7) is 5.81. The van der Waals surface area contributed by atoms with E-state index < -0.39 is 0 Å². The molecule has 1 atom stereocenters. The van der Waals surface area contributed by atoms with Crippen LogP contribution < -0.4 is 4.90 Å². The maximum Gasteiger partial charge on any atom is 0.168 e. The molecule has 31 heavy (non-hydrogen) atoms. The van der Waals surface area contributed by atoms with Crippen LogP contribution >= 0.6 is 0 Å². The van der Waals surface area contributed by atoms with Gasteiger partial charge in [-0.25, -0.2) is 13.5 Å². The van der Waals surface area contributed by atoms with Crippen molar-refractivity contribution >= 4 is 5.69 Å². The van der Waals surface area contributed by atoms with E-state index in [1.165, 1.54) is 18.2 Å². The molecule has 0 amide bonds. The number of tetrazole rings is 1. The second-order valence-corrected chi connectivity index (χ2v) is 7.95. The van der Waals surface area contributed by atoms with Crippen molar-refractivity contribution in [1.29, 1.82) is 0 Å². The summed E-state index contributed by atoms with van der Waals surface area (Å²) in [4.78, 5) is 4.50. The third kappa shape index (κ3) is 5.07. The predicted octanol–water partition coefficient (Wildman–Crippen LogP) is 4.05. The van der Waals surface area contributed by atoms with Gasteiger partial charge in [0.2, 0.25) is 0 Å². The number of rotatable bonds is 8. The van der Waals surface area contributed by atoms with Crippen molar-refractivity contribution in [2.45, 2.75) is 38.8 Å². The van der Waals surface area contributed by atoms with E-state index in [1.807, 2.05) is 16.8 Å². The molecule has 1 saturated heterocycles. The van der Waals surface area contributed by atoms with Gasteiger partial charge >= 0.3 is 0 Å². The van der Waals surface area contributed by atoms with Gasteiger partial charge in [0.1, 0.15) is 11.6 Å². The first-order valence-corrected chi connectivity index (χ1v) is 10.9. The Bertz CT molecular complexity index is 966. The molecule has 1 aromatic heterocycles. The Labute approximate surface area is 181 Å². The first kappa shape index (κ1) is 21.4. The van der Waals surface area contributed by atoms with Crippen LogP contribution in [0.5, 0.6) is 0 Å². The van der Waals surface area contributed by atoms with Gasteiger partial charge in [-0.2, -0.15) is 0 Å². The van der Waals surface area contributed by atoms with Gasteiger partial charge in [-0.15, -0.1) is 5.10 Å². The molecule has 0 saturated carbocycles. The van der Waals surface area contributed by atoms with Crippen LogP contribution in [0.1, 0.15) is 43.6 Å². The Morgan fingerprint density at radius 3 is 2.42 bits per heavy atom. The molecule has 2 aromatic carbocycles. The van der Waals surface area contributed by atoms with Crippen LogP contribution in [0.15, 0.2) is 48.5 Å².